The molecule has 0 aliphatic carbocycles. The van der Waals surface area contributed by atoms with Gasteiger partial charge in [0, 0.05) is 11.0 Å². The van der Waals surface area contributed by atoms with Gasteiger partial charge in [0.15, 0.2) is 5.58 Å². The van der Waals surface area contributed by atoms with Crippen LogP contribution in [0.15, 0.2) is 69.4 Å². The lowest BCUT2D eigenvalue weighted by Crippen LogP contribution is -2.28. The van der Waals surface area contributed by atoms with Gasteiger partial charge in [-0.05, 0) is 42.6 Å². The maximum atomic E-state index is 12.4. The molecule has 4 rings (SSSR count). The number of hydrogen-bond donors (Lipinski definition) is 0. The summed E-state index contributed by atoms with van der Waals surface area (Å²) in [4.78, 5) is 0.148. The number of aryl methyl sites for hydroxylation is 1. The Balaban J connectivity index is 1.40. The summed E-state index contributed by atoms with van der Waals surface area (Å²) in [6, 6.07) is 16.1. The van der Waals surface area contributed by atoms with Gasteiger partial charge in [-0.25, -0.2) is 0 Å². The van der Waals surface area contributed by atoms with Crippen molar-refractivity contribution < 1.29 is 21.9 Å². The summed E-state index contributed by atoms with van der Waals surface area (Å²) in [5.41, 5.74) is 2.90. The van der Waals surface area contributed by atoms with E-state index in [0.29, 0.717) is 5.75 Å². The number of benzene rings is 2. The van der Waals surface area contributed by atoms with Crippen molar-refractivity contribution in [1.82, 2.24) is 5.16 Å². The van der Waals surface area contributed by atoms with Crippen LogP contribution >= 0.6 is 11.3 Å². The predicted molar refractivity (Wildman–Crippen MR) is 121 cm³/mol. The first kappa shape index (κ1) is 21.5. The van der Waals surface area contributed by atoms with E-state index in [4.69, 9.17) is 13.4 Å². The zero-order valence-electron chi connectivity index (χ0n) is 17.5. The van der Waals surface area contributed by atoms with E-state index in [1.54, 1.807) is 35.6 Å². The number of fused-ring (bicyclic) bond motifs is 1. The third-order valence-corrected chi connectivity index (χ3v) is 6.91. The molecule has 0 amide bonds. The first-order chi connectivity index (χ1) is 14.7. The first-order valence-corrected chi connectivity index (χ1v) is 12.0. The van der Waals surface area contributed by atoms with Crippen molar-refractivity contribution in [1.29, 1.82) is 0 Å². The molecule has 0 saturated heterocycles. The van der Waals surface area contributed by atoms with Crippen LogP contribution in [-0.2, 0) is 14.3 Å². The van der Waals surface area contributed by atoms with Crippen molar-refractivity contribution in [2.75, 3.05) is 13.2 Å². The van der Waals surface area contributed by atoms with Crippen LogP contribution in [0.1, 0.15) is 19.4 Å². The largest absolute Gasteiger partial charge is 0.493 e. The van der Waals surface area contributed by atoms with Crippen molar-refractivity contribution in [2.24, 2.45) is 5.41 Å². The zero-order chi connectivity index (χ0) is 22.1. The zero-order valence-corrected chi connectivity index (χ0v) is 19.1. The summed E-state index contributed by atoms with van der Waals surface area (Å²) in [7, 11) is -3.82. The van der Waals surface area contributed by atoms with Crippen LogP contribution in [-0.4, -0.2) is 26.8 Å². The lowest BCUT2D eigenvalue weighted by atomic mass is 9.96. The van der Waals surface area contributed by atoms with Gasteiger partial charge in [0.25, 0.3) is 10.1 Å². The Hall–Kier alpha value is -2.68. The molecule has 0 aliphatic rings. The van der Waals surface area contributed by atoms with E-state index in [1.807, 2.05) is 56.5 Å². The van der Waals surface area contributed by atoms with Gasteiger partial charge in [-0.2, -0.15) is 8.42 Å². The van der Waals surface area contributed by atoms with Crippen molar-refractivity contribution in [3.63, 3.8) is 0 Å². The van der Waals surface area contributed by atoms with Gasteiger partial charge < -0.3 is 9.26 Å². The molecule has 2 aromatic heterocycles. The molecule has 4 aromatic rings. The highest BCUT2D eigenvalue weighted by molar-refractivity contribution is 7.86. The van der Waals surface area contributed by atoms with Crippen LogP contribution in [0.4, 0.5) is 0 Å². The van der Waals surface area contributed by atoms with Gasteiger partial charge in [0.05, 0.1) is 18.1 Å². The minimum atomic E-state index is -3.82. The molecule has 0 spiro atoms. The molecule has 162 valence electrons. The third-order valence-electron chi connectivity index (χ3n) is 4.73. The van der Waals surface area contributed by atoms with Gasteiger partial charge in [0.1, 0.15) is 16.1 Å². The summed E-state index contributed by atoms with van der Waals surface area (Å²) in [6.45, 7) is 5.98. The summed E-state index contributed by atoms with van der Waals surface area (Å²) in [5.74, 6) is 0.666. The van der Waals surface area contributed by atoms with Gasteiger partial charge in [-0.15, -0.1) is 11.3 Å². The fourth-order valence-corrected chi connectivity index (χ4v) is 4.82. The van der Waals surface area contributed by atoms with E-state index in [9.17, 15) is 8.42 Å². The molecule has 0 fully saturated rings. The topological polar surface area (TPSA) is 78.6 Å². The Morgan fingerprint density at radius 3 is 2.61 bits per heavy atom. The molecule has 0 radical (unpaired) electrons. The quantitative estimate of drug-likeness (QED) is 0.317. The maximum Gasteiger partial charge on any atom is 0.296 e. The number of ether oxygens (including phenoxy) is 1. The Bertz CT molecular complexity index is 1290. The van der Waals surface area contributed by atoms with Gasteiger partial charge >= 0.3 is 0 Å². The first-order valence-electron chi connectivity index (χ1n) is 9.76. The second kappa shape index (κ2) is 8.45. The van der Waals surface area contributed by atoms with E-state index >= 15 is 0 Å². The van der Waals surface area contributed by atoms with Crippen molar-refractivity contribution in [3.8, 4) is 17.0 Å². The monoisotopic (exact) mass is 457 g/mol. The molecule has 0 atom stereocenters. The number of rotatable bonds is 8. The minimum Gasteiger partial charge on any atom is -0.493 e. The Labute approximate surface area is 185 Å². The van der Waals surface area contributed by atoms with Gasteiger partial charge in [-0.1, -0.05) is 48.8 Å². The number of aromatic nitrogens is 1. The van der Waals surface area contributed by atoms with E-state index in [2.05, 4.69) is 5.16 Å². The molecule has 2 heterocycles. The van der Waals surface area contributed by atoms with Gasteiger partial charge in [-0.3, -0.25) is 4.18 Å². The molecule has 2 aromatic carbocycles. The summed E-state index contributed by atoms with van der Waals surface area (Å²) in [5, 5.41) is 6.12. The second-order valence-electron chi connectivity index (χ2n) is 8.16. The SMILES string of the molecule is Cc1ccc(S(=O)(=O)OCC(C)(C)COc2cccc(-c3noc4ccsc34)c2)cc1. The smallest absolute Gasteiger partial charge is 0.296 e. The highest BCUT2D eigenvalue weighted by atomic mass is 32.2. The maximum absolute atomic E-state index is 12.4. The van der Waals surface area contributed by atoms with E-state index in [-0.39, 0.29) is 18.1 Å². The van der Waals surface area contributed by atoms with Crippen molar-refractivity contribution >= 4 is 31.7 Å². The number of thiophene rings is 1. The third kappa shape index (κ3) is 4.98. The van der Waals surface area contributed by atoms with Crippen LogP contribution in [0.5, 0.6) is 5.75 Å². The van der Waals surface area contributed by atoms with Crippen LogP contribution in [0.25, 0.3) is 21.5 Å². The lowest BCUT2D eigenvalue weighted by Gasteiger charge is -2.24. The van der Waals surface area contributed by atoms with E-state index in [1.165, 1.54) is 0 Å². The van der Waals surface area contributed by atoms with Crippen LogP contribution in [0.3, 0.4) is 0 Å². The standard InChI is InChI=1S/C23H23NO5S2/c1-16-7-9-19(10-8-16)31(25,26)28-15-23(2,3)14-27-18-6-4-5-17(13-18)21-22-20(29-24-21)11-12-30-22/h4-13H,14-15H2,1-3H3. The Kier molecular flexibility index (Phi) is 5.88. The average molecular weight is 458 g/mol. The van der Waals surface area contributed by atoms with Crippen LogP contribution in [0.2, 0.25) is 0 Å². The fourth-order valence-electron chi connectivity index (χ4n) is 2.93. The fraction of sp³-hybridized carbons (Fsp3) is 0.261. The van der Waals surface area contributed by atoms with Crippen molar-refractivity contribution in [2.45, 2.75) is 25.7 Å². The van der Waals surface area contributed by atoms with Crippen LogP contribution < -0.4 is 4.74 Å². The normalized spacial score (nSPS) is 12.4. The summed E-state index contributed by atoms with van der Waals surface area (Å²) < 4.78 is 42.5. The molecule has 0 unspecified atom stereocenters. The molecular weight excluding hydrogens is 434 g/mol. The molecule has 31 heavy (non-hydrogen) atoms. The number of hydrogen-bond acceptors (Lipinski definition) is 7. The minimum absolute atomic E-state index is 0.00199. The van der Waals surface area contributed by atoms with E-state index in [0.717, 1.165) is 27.1 Å². The predicted octanol–water partition coefficient (Wildman–Crippen LogP) is 5.68. The Morgan fingerprint density at radius 2 is 1.84 bits per heavy atom. The molecule has 8 heteroatoms. The highest BCUT2D eigenvalue weighted by Crippen LogP contribution is 2.33. The molecule has 6 nitrogen and oxygen atoms in total. The highest BCUT2D eigenvalue weighted by Gasteiger charge is 2.25. The molecular formula is C23H23NO5S2. The molecule has 0 aliphatic heterocycles. The molecule has 0 saturated carbocycles. The van der Waals surface area contributed by atoms with Gasteiger partial charge in [0.2, 0.25) is 0 Å². The van der Waals surface area contributed by atoms with E-state index < -0.39 is 15.5 Å². The van der Waals surface area contributed by atoms with Crippen molar-refractivity contribution in [3.05, 3.63) is 65.5 Å². The summed E-state index contributed by atoms with van der Waals surface area (Å²) >= 11 is 1.58. The number of nitrogens with zero attached hydrogens (tertiary/aromatic N) is 1. The molecule has 0 bridgehead atoms. The average Bonchev–Trinajstić information content (AvgIpc) is 3.36. The van der Waals surface area contributed by atoms with Crippen LogP contribution in [0, 0.1) is 12.3 Å². The Morgan fingerprint density at radius 1 is 1.06 bits per heavy atom. The summed E-state index contributed by atoms with van der Waals surface area (Å²) in [6.07, 6.45) is 0. The molecule has 0 N–H and O–H groups in total. The second-order valence-corrected chi connectivity index (χ2v) is 10.7. The lowest BCUT2D eigenvalue weighted by molar-refractivity contribution is 0.114.